The zero-order valence-corrected chi connectivity index (χ0v) is 11.6. The van der Waals surface area contributed by atoms with Crippen LogP contribution in [0.3, 0.4) is 0 Å². The van der Waals surface area contributed by atoms with E-state index >= 15 is 0 Å². The first-order valence-corrected chi connectivity index (χ1v) is 7.21. The van der Waals surface area contributed by atoms with Gasteiger partial charge in [-0.05, 0) is 24.3 Å². The van der Waals surface area contributed by atoms with Gasteiger partial charge in [-0.25, -0.2) is 4.98 Å². The molecule has 0 spiro atoms. The molecule has 0 unspecified atom stereocenters. The Hall–Kier alpha value is -2.20. The summed E-state index contributed by atoms with van der Waals surface area (Å²) in [6.07, 6.45) is 1.26. The number of para-hydroxylation sites is 2. The third-order valence-electron chi connectivity index (χ3n) is 2.90. The maximum atomic E-state index is 10.4. The summed E-state index contributed by atoms with van der Waals surface area (Å²) < 4.78 is 6.82. The highest BCUT2D eigenvalue weighted by Gasteiger charge is 2.10. The molecule has 0 amide bonds. The summed E-state index contributed by atoms with van der Waals surface area (Å²) in [7, 11) is 0. The van der Waals surface area contributed by atoms with Gasteiger partial charge in [-0.15, -0.1) is 11.3 Å². The van der Waals surface area contributed by atoms with Gasteiger partial charge in [-0.2, -0.15) is 0 Å². The van der Waals surface area contributed by atoms with Gasteiger partial charge in [0.25, 0.3) is 0 Å². The van der Waals surface area contributed by atoms with E-state index in [0.29, 0.717) is 13.0 Å². The summed E-state index contributed by atoms with van der Waals surface area (Å²) in [6.45, 7) is 0.394. The van der Waals surface area contributed by atoms with Crippen molar-refractivity contribution in [3.8, 4) is 16.3 Å². The number of benzene rings is 2. The summed E-state index contributed by atoms with van der Waals surface area (Å²) in [5, 5.41) is 0.938. The molecule has 0 saturated heterocycles. The van der Waals surface area contributed by atoms with Crippen LogP contribution in [0, 0.1) is 0 Å². The molecule has 0 N–H and O–H groups in total. The fourth-order valence-corrected chi connectivity index (χ4v) is 2.97. The van der Waals surface area contributed by atoms with Crippen molar-refractivity contribution in [1.29, 1.82) is 0 Å². The van der Waals surface area contributed by atoms with Gasteiger partial charge in [0.1, 0.15) is 17.0 Å². The van der Waals surface area contributed by atoms with Crippen molar-refractivity contribution in [2.45, 2.75) is 6.42 Å². The van der Waals surface area contributed by atoms with Crippen LogP contribution in [0.5, 0.6) is 5.75 Å². The third kappa shape index (κ3) is 2.56. The molecule has 0 aliphatic rings. The van der Waals surface area contributed by atoms with E-state index in [1.807, 2.05) is 42.5 Å². The Labute approximate surface area is 120 Å². The monoisotopic (exact) mass is 283 g/mol. The molecule has 3 aromatic rings. The molecule has 0 aliphatic carbocycles. The van der Waals surface area contributed by atoms with Crippen LogP contribution in [-0.2, 0) is 4.79 Å². The molecule has 100 valence electrons. The van der Waals surface area contributed by atoms with Gasteiger partial charge in [0.2, 0.25) is 0 Å². The number of carbonyl (C=O) groups is 1. The maximum Gasteiger partial charge on any atom is 0.129 e. The number of nitrogens with zero attached hydrogens (tertiary/aromatic N) is 1. The van der Waals surface area contributed by atoms with E-state index in [-0.39, 0.29) is 0 Å². The summed E-state index contributed by atoms with van der Waals surface area (Å²) >= 11 is 1.64. The minimum Gasteiger partial charge on any atom is -0.492 e. The molecule has 0 saturated carbocycles. The Morgan fingerprint density at radius 1 is 1.10 bits per heavy atom. The second kappa shape index (κ2) is 5.84. The fourth-order valence-electron chi connectivity index (χ4n) is 1.97. The minimum atomic E-state index is 0.394. The van der Waals surface area contributed by atoms with Gasteiger partial charge in [-0.3, -0.25) is 0 Å². The first-order chi connectivity index (χ1) is 9.88. The highest BCUT2D eigenvalue weighted by molar-refractivity contribution is 7.21. The molecule has 0 fully saturated rings. The predicted molar refractivity (Wildman–Crippen MR) is 81.2 cm³/mol. The third-order valence-corrected chi connectivity index (χ3v) is 3.97. The molecule has 0 bridgehead atoms. The van der Waals surface area contributed by atoms with Gasteiger partial charge < -0.3 is 9.53 Å². The van der Waals surface area contributed by atoms with Crippen molar-refractivity contribution in [2.75, 3.05) is 6.61 Å². The smallest absolute Gasteiger partial charge is 0.129 e. The molecule has 1 aromatic heterocycles. The van der Waals surface area contributed by atoms with Crippen LogP contribution in [-0.4, -0.2) is 17.9 Å². The average molecular weight is 283 g/mol. The van der Waals surface area contributed by atoms with Crippen molar-refractivity contribution in [3.63, 3.8) is 0 Å². The molecule has 2 aromatic carbocycles. The summed E-state index contributed by atoms with van der Waals surface area (Å²) in [5.41, 5.74) is 1.97. The topological polar surface area (TPSA) is 39.2 Å². The molecule has 0 radical (unpaired) electrons. The minimum absolute atomic E-state index is 0.394. The molecule has 3 rings (SSSR count). The molecule has 20 heavy (non-hydrogen) atoms. The van der Waals surface area contributed by atoms with Crippen molar-refractivity contribution in [1.82, 2.24) is 4.98 Å². The molecule has 1 heterocycles. The van der Waals surface area contributed by atoms with E-state index in [1.54, 1.807) is 11.3 Å². The van der Waals surface area contributed by atoms with Gasteiger partial charge in [-0.1, -0.05) is 24.3 Å². The Morgan fingerprint density at radius 2 is 1.90 bits per heavy atom. The number of hydrogen-bond acceptors (Lipinski definition) is 4. The molecular weight excluding hydrogens is 270 g/mol. The lowest BCUT2D eigenvalue weighted by Crippen LogP contribution is -1.98. The zero-order chi connectivity index (χ0) is 13.8. The van der Waals surface area contributed by atoms with Crippen molar-refractivity contribution >= 4 is 27.8 Å². The second-order valence-electron chi connectivity index (χ2n) is 4.29. The lowest BCUT2D eigenvalue weighted by atomic mass is 10.2. The number of carbonyl (C=O) groups excluding carboxylic acids is 1. The molecule has 3 nitrogen and oxygen atoms in total. The zero-order valence-electron chi connectivity index (χ0n) is 10.8. The van der Waals surface area contributed by atoms with Crippen LogP contribution in [0.25, 0.3) is 20.8 Å². The highest BCUT2D eigenvalue weighted by Crippen LogP contribution is 2.35. The van der Waals surface area contributed by atoms with Crippen LogP contribution >= 0.6 is 11.3 Å². The van der Waals surface area contributed by atoms with Crippen LogP contribution in [0.4, 0.5) is 0 Å². The second-order valence-corrected chi connectivity index (χ2v) is 5.32. The number of thiazole rings is 1. The fraction of sp³-hybridized carbons (Fsp3) is 0.125. The van der Waals surface area contributed by atoms with Gasteiger partial charge in [0.05, 0.1) is 22.4 Å². The number of fused-ring (bicyclic) bond motifs is 1. The molecule has 0 atom stereocenters. The maximum absolute atomic E-state index is 10.4. The lowest BCUT2D eigenvalue weighted by molar-refractivity contribution is -0.108. The number of hydrogen-bond donors (Lipinski definition) is 0. The predicted octanol–water partition coefficient (Wildman–Crippen LogP) is 3.93. The van der Waals surface area contributed by atoms with Gasteiger partial charge >= 0.3 is 0 Å². The van der Waals surface area contributed by atoms with Crippen LogP contribution in [0.2, 0.25) is 0 Å². The Balaban J connectivity index is 1.98. The van der Waals surface area contributed by atoms with E-state index in [1.165, 1.54) is 0 Å². The summed E-state index contributed by atoms with van der Waals surface area (Å²) in [6, 6.07) is 15.9. The largest absolute Gasteiger partial charge is 0.492 e. The molecular formula is C16H13NO2S. The molecule has 0 aliphatic heterocycles. The van der Waals surface area contributed by atoms with Gasteiger partial charge in [0.15, 0.2) is 0 Å². The number of aldehydes is 1. The lowest BCUT2D eigenvalue weighted by Gasteiger charge is -2.08. The standard InChI is InChI=1S/C16H13NO2S/c18-10-5-11-19-14-8-3-1-6-12(14)16-17-13-7-2-4-9-15(13)20-16/h1-4,6-10H,5,11H2. The van der Waals surface area contributed by atoms with Crippen molar-refractivity contribution in [3.05, 3.63) is 48.5 Å². The van der Waals surface area contributed by atoms with Crippen LogP contribution in [0.1, 0.15) is 6.42 Å². The SMILES string of the molecule is O=CCCOc1ccccc1-c1nc2ccccc2s1. The van der Waals surface area contributed by atoms with Crippen LogP contribution in [0.15, 0.2) is 48.5 Å². The summed E-state index contributed by atoms with van der Waals surface area (Å²) in [5.74, 6) is 0.772. The average Bonchev–Trinajstić information content (AvgIpc) is 2.92. The Kier molecular flexibility index (Phi) is 3.74. The quantitative estimate of drug-likeness (QED) is 0.526. The van der Waals surface area contributed by atoms with E-state index in [0.717, 1.165) is 32.8 Å². The first-order valence-electron chi connectivity index (χ1n) is 6.40. The first kappa shape index (κ1) is 12.8. The van der Waals surface area contributed by atoms with Gasteiger partial charge in [0, 0.05) is 6.42 Å². The van der Waals surface area contributed by atoms with E-state index in [4.69, 9.17) is 4.74 Å². The van der Waals surface area contributed by atoms with E-state index < -0.39 is 0 Å². The van der Waals surface area contributed by atoms with Crippen LogP contribution < -0.4 is 4.74 Å². The van der Waals surface area contributed by atoms with E-state index in [9.17, 15) is 4.79 Å². The number of ether oxygens (including phenoxy) is 1. The van der Waals surface area contributed by atoms with E-state index in [2.05, 4.69) is 11.1 Å². The molecule has 4 heteroatoms. The highest BCUT2D eigenvalue weighted by atomic mass is 32.1. The number of rotatable bonds is 5. The van der Waals surface area contributed by atoms with Crippen molar-refractivity contribution < 1.29 is 9.53 Å². The Bertz CT molecular complexity index is 703. The number of aromatic nitrogens is 1. The van der Waals surface area contributed by atoms with Crippen molar-refractivity contribution in [2.24, 2.45) is 0 Å². The Morgan fingerprint density at radius 3 is 2.75 bits per heavy atom. The summed E-state index contributed by atoms with van der Waals surface area (Å²) in [4.78, 5) is 15.0. The normalized spacial score (nSPS) is 10.6.